The lowest BCUT2D eigenvalue weighted by molar-refractivity contribution is -0.207. The summed E-state index contributed by atoms with van der Waals surface area (Å²) in [5.41, 5.74) is -0.0978. The van der Waals surface area contributed by atoms with Crippen LogP contribution in [0.5, 0.6) is 0 Å². The first-order valence-electron chi connectivity index (χ1n) is 8.83. The second-order valence-corrected chi connectivity index (χ2v) is 8.56. The smallest absolute Gasteiger partial charge is 0.222 e. The number of amides is 1. The maximum Gasteiger partial charge on any atom is 0.222 e. The van der Waals surface area contributed by atoms with Crippen molar-refractivity contribution in [1.29, 1.82) is 0 Å². The van der Waals surface area contributed by atoms with Crippen LogP contribution in [0.25, 0.3) is 0 Å². The quantitative estimate of drug-likeness (QED) is 0.852. The molecule has 2 heterocycles. The Bertz CT molecular complexity index is 444. The summed E-state index contributed by atoms with van der Waals surface area (Å²) in [4.78, 5) is 14.7. The molecule has 2 aliphatic heterocycles. The average Bonchev–Trinajstić information content (AvgIpc) is 2.82. The second kappa shape index (κ2) is 6.53. The number of carbonyl (C=O) groups excluding carboxylic acids is 1. The Morgan fingerprint density at radius 2 is 1.78 bits per heavy atom. The van der Waals surface area contributed by atoms with Crippen molar-refractivity contribution in [2.45, 2.75) is 83.0 Å². The zero-order chi connectivity index (χ0) is 16.1. The molecule has 134 valence electrons. The highest BCUT2D eigenvalue weighted by Crippen LogP contribution is 2.53. The zero-order valence-electron chi connectivity index (χ0n) is 15.2. The second-order valence-electron chi connectivity index (χ2n) is 8.56. The number of fused-ring (bicyclic) bond motifs is 2. The summed E-state index contributed by atoms with van der Waals surface area (Å²) in [7, 11) is 3.77. The molecule has 0 radical (unpaired) electrons. The van der Waals surface area contributed by atoms with Crippen LogP contribution < -0.4 is 5.32 Å². The van der Waals surface area contributed by atoms with Crippen LogP contribution in [0.3, 0.4) is 0 Å². The van der Waals surface area contributed by atoms with Gasteiger partial charge in [0.2, 0.25) is 5.91 Å². The number of nitrogens with one attached hydrogen (secondary N) is 1. The topological polar surface area (TPSA) is 41.6 Å². The van der Waals surface area contributed by atoms with E-state index in [1.54, 1.807) is 7.11 Å². The van der Waals surface area contributed by atoms with E-state index in [-0.39, 0.29) is 23.4 Å². The molecular formula is C18H33ClN2O2. The van der Waals surface area contributed by atoms with Crippen LogP contribution in [-0.4, -0.2) is 48.7 Å². The van der Waals surface area contributed by atoms with Crippen LogP contribution in [0.15, 0.2) is 0 Å². The minimum atomic E-state index is -0.111. The molecule has 4 nitrogen and oxygen atoms in total. The molecule has 4 atom stereocenters. The Hall–Kier alpha value is -0.320. The van der Waals surface area contributed by atoms with Crippen molar-refractivity contribution < 1.29 is 9.53 Å². The van der Waals surface area contributed by atoms with E-state index < -0.39 is 0 Å². The van der Waals surface area contributed by atoms with Gasteiger partial charge < -0.3 is 15.0 Å². The minimum absolute atomic E-state index is 0. The van der Waals surface area contributed by atoms with Crippen LogP contribution in [0.1, 0.15) is 59.3 Å². The molecule has 1 aliphatic carbocycles. The molecule has 3 rings (SSSR count). The molecule has 0 aromatic heterocycles. The lowest BCUT2D eigenvalue weighted by Gasteiger charge is -2.61. The minimum Gasteiger partial charge on any atom is -0.378 e. The summed E-state index contributed by atoms with van der Waals surface area (Å²) in [6.07, 6.45) is 6.62. The molecule has 2 bridgehead atoms. The molecule has 4 unspecified atom stereocenters. The highest BCUT2D eigenvalue weighted by atomic mass is 35.5. The van der Waals surface area contributed by atoms with Crippen molar-refractivity contribution in [2.24, 2.45) is 11.3 Å². The van der Waals surface area contributed by atoms with Gasteiger partial charge in [0.15, 0.2) is 0 Å². The van der Waals surface area contributed by atoms with Crippen molar-refractivity contribution in [1.82, 2.24) is 10.2 Å². The summed E-state index contributed by atoms with van der Waals surface area (Å²) < 4.78 is 5.69. The maximum atomic E-state index is 12.7. The van der Waals surface area contributed by atoms with E-state index in [0.717, 1.165) is 12.8 Å². The molecule has 2 saturated heterocycles. The SMILES string of the molecule is COC1(C)CC(N(C)C(=O)CC2CC3CCC(C2)N3)C1(C)C.Cl. The van der Waals surface area contributed by atoms with Crippen molar-refractivity contribution in [3.8, 4) is 0 Å². The van der Waals surface area contributed by atoms with Gasteiger partial charge in [-0.15, -0.1) is 12.4 Å². The highest BCUT2D eigenvalue weighted by molar-refractivity contribution is 5.85. The maximum absolute atomic E-state index is 12.7. The van der Waals surface area contributed by atoms with E-state index >= 15 is 0 Å². The zero-order valence-corrected chi connectivity index (χ0v) is 16.0. The largest absolute Gasteiger partial charge is 0.378 e. The molecule has 3 fully saturated rings. The Morgan fingerprint density at radius 3 is 2.26 bits per heavy atom. The van der Waals surface area contributed by atoms with Crippen LogP contribution in [0, 0.1) is 11.3 Å². The van der Waals surface area contributed by atoms with Crippen molar-refractivity contribution >= 4 is 18.3 Å². The normalized spacial score (nSPS) is 40.9. The van der Waals surface area contributed by atoms with E-state index in [1.807, 2.05) is 11.9 Å². The first kappa shape index (κ1) is 19.0. The fourth-order valence-electron chi connectivity index (χ4n) is 4.98. The van der Waals surface area contributed by atoms with Crippen molar-refractivity contribution in [3.63, 3.8) is 0 Å². The van der Waals surface area contributed by atoms with Gasteiger partial charge in [-0.2, -0.15) is 0 Å². The van der Waals surface area contributed by atoms with Crippen molar-refractivity contribution in [3.05, 3.63) is 0 Å². The lowest BCUT2D eigenvalue weighted by Crippen LogP contribution is -2.68. The van der Waals surface area contributed by atoms with Gasteiger partial charge in [-0.25, -0.2) is 0 Å². The first-order chi connectivity index (χ1) is 10.3. The summed E-state index contributed by atoms with van der Waals surface area (Å²) in [5.74, 6) is 0.897. The molecule has 0 aromatic rings. The Morgan fingerprint density at radius 1 is 1.22 bits per heavy atom. The molecule has 1 N–H and O–H groups in total. The van der Waals surface area contributed by atoms with E-state index in [4.69, 9.17) is 4.74 Å². The summed E-state index contributed by atoms with van der Waals surface area (Å²) in [6.45, 7) is 6.60. The van der Waals surface area contributed by atoms with Gasteiger partial charge in [0, 0.05) is 44.1 Å². The van der Waals surface area contributed by atoms with Gasteiger partial charge in [-0.05, 0) is 44.9 Å². The number of methoxy groups -OCH3 is 1. The van der Waals surface area contributed by atoms with Gasteiger partial charge in [0.05, 0.1) is 5.60 Å². The molecule has 3 aliphatic rings. The number of ether oxygens (including phenoxy) is 1. The van der Waals surface area contributed by atoms with Crippen LogP contribution in [-0.2, 0) is 9.53 Å². The van der Waals surface area contributed by atoms with E-state index in [2.05, 4.69) is 26.1 Å². The number of carbonyl (C=O) groups is 1. The molecule has 0 aromatic carbocycles. The number of nitrogens with zero attached hydrogens (tertiary/aromatic N) is 1. The molecule has 1 amide bonds. The van der Waals surface area contributed by atoms with Gasteiger partial charge in [-0.3, -0.25) is 4.79 Å². The predicted molar refractivity (Wildman–Crippen MR) is 94.9 cm³/mol. The monoisotopic (exact) mass is 344 g/mol. The molecule has 23 heavy (non-hydrogen) atoms. The van der Waals surface area contributed by atoms with Crippen molar-refractivity contribution in [2.75, 3.05) is 14.2 Å². The molecule has 5 heteroatoms. The van der Waals surface area contributed by atoms with Gasteiger partial charge in [0.25, 0.3) is 0 Å². The number of hydrogen-bond acceptors (Lipinski definition) is 3. The number of hydrogen-bond donors (Lipinski definition) is 1. The standard InChI is InChI=1S/C18H32N2O2.ClH/c1-17(2)15(11-18(17,3)22-5)20(4)16(21)10-12-8-13-6-7-14(9-12)19-13;/h12-15,19H,6-11H2,1-5H3;1H. The van der Waals surface area contributed by atoms with Gasteiger partial charge in [0.1, 0.15) is 0 Å². The third-order valence-corrected chi connectivity index (χ3v) is 7.12. The third kappa shape index (κ3) is 3.14. The number of piperidine rings is 1. The fraction of sp³-hybridized carbons (Fsp3) is 0.944. The van der Waals surface area contributed by atoms with Crippen LogP contribution >= 0.6 is 12.4 Å². The van der Waals surface area contributed by atoms with E-state index in [0.29, 0.717) is 30.0 Å². The van der Waals surface area contributed by atoms with Gasteiger partial charge in [-0.1, -0.05) is 13.8 Å². The fourth-order valence-corrected chi connectivity index (χ4v) is 4.98. The third-order valence-electron chi connectivity index (χ3n) is 7.12. The Labute approximate surface area is 147 Å². The van der Waals surface area contributed by atoms with Gasteiger partial charge >= 0.3 is 0 Å². The van der Waals surface area contributed by atoms with Crippen LogP contribution in [0.2, 0.25) is 0 Å². The highest BCUT2D eigenvalue weighted by Gasteiger charge is 2.59. The number of halogens is 1. The summed E-state index contributed by atoms with van der Waals surface area (Å²) >= 11 is 0. The first-order valence-corrected chi connectivity index (χ1v) is 8.83. The van der Waals surface area contributed by atoms with E-state index in [1.165, 1.54) is 25.7 Å². The Balaban J connectivity index is 0.00000192. The number of rotatable bonds is 4. The predicted octanol–water partition coefficient (Wildman–Crippen LogP) is 2.99. The van der Waals surface area contributed by atoms with Crippen LogP contribution in [0.4, 0.5) is 0 Å². The lowest BCUT2D eigenvalue weighted by atomic mass is 9.55. The molecule has 0 spiro atoms. The molecule has 1 saturated carbocycles. The Kier molecular flexibility index (Phi) is 5.40. The molecular weight excluding hydrogens is 312 g/mol. The summed E-state index contributed by atoms with van der Waals surface area (Å²) in [6, 6.07) is 1.63. The van der Waals surface area contributed by atoms with E-state index in [9.17, 15) is 4.79 Å². The average molecular weight is 345 g/mol. The summed E-state index contributed by atoms with van der Waals surface area (Å²) in [5, 5.41) is 3.66.